The second-order valence-corrected chi connectivity index (χ2v) is 6.50. The van der Waals surface area contributed by atoms with Crippen LogP contribution < -0.4 is 4.74 Å². The molecule has 0 aliphatic rings. The highest BCUT2D eigenvalue weighted by Gasteiger charge is 2.15. The lowest BCUT2D eigenvalue weighted by Crippen LogP contribution is -1.96. The van der Waals surface area contributed by atoms with E-state index in [0.29, 0.717) is 4.88 Å². The molecule has 0 fully saturated rings. The molecule has 0 aliphatic carbocycles. The van der Waals surface area contributed by atoms with Crippen molar-refractivity contribution in [3.63, 3.8) is 0 Å². The summed E-state index contributed by atoms with van der Waals surface area (Å²) in [6.07, 6.45) is 5.36. The summed E-state index contributed by atoms with van der Waals surface area (Å²) in [6, 6.07) is 9.80. The first-order valence-corrected chi connectivity index (χ1v) is 8.39. The average molecular weight is 353 g/mol. The first kappa shape index (κ1) is 15.5. The zero-order chi connectivity index (χ0) is 17.4. The van der Waals surface area contributed by atoms with E-state index in [-0.39, 0.29) is 5.97 Å². The van der Waals surface area contributed by atoms with Gasteiger partial charge in [-0.1, -0.05) is 0 Å². The van der Waals surface area contributed by atoms with Gasteiger partial charge in [-0.3, -0.25) is 0 Å². The fourth-order valence-corrected chi connectivity index (χ4v) is 3.72. The highest BCUT2D eigenvalue weighted by atomic mass is 32.1. The van der Waals surface area contributed by atoms with Crippen molar-refractivity contribution in [3.05, 3.63) is 53.9 Å². The maximum absolute atomic E-state index is 11.6. The number of thiophene rings is 1. The number of methoxy groups -OCH3 is 2. The fourth-order valence-electron chi connectivity index (χ4n) is 2.74. The Labute approximate surface area is 147 Å². The number of esters is 1. The molecule has 4 aromatic rings. The third-order valence-electron chi connectivity index (χ3n) is 3.97. The van der Waals surface area contributed by atoms with Crippen molar-refractivity contribution in [1.29, 1.82) is 0 Å². The summed E-state index contributed by atoms with van der Waals surface area (Å²) in [4.78, 5) is 19.6. The van der Waals surface area contributed by atoms with Gasteiger partial charge in [0.15, 0.2) is 0 Å². The van der Waals surface area contributed by atoms with Crippen LogP contribution in [0.25, 0.3) is 27.2 Å². The molecule has 0 saturated carbocycles. The summed E-state index contributed by atoms with van der Waals surface area (Å²) in [5.41, 5.74) is 3.77. The summed E-state index contributed by atoms with van der Waals surface area (Å²) in [7, 11) is 3.03. The molecule has 3 heterocycles. The number of rotatable bonds is 4. The van der Waals surface area contributed by atoms with Crippen molar-refractivity contribution in [1.82, 2.24) is 14.5 Å². The largest absolute Gasteiger partial charge is 0.496 e. The Hall–Kier alpha value is -3.06. The number of benzene rings is 1. The molecule has 6 nitrogen and oxygen atoms in total. The van der Waals surface area contributed by atoms with Gasteiger partial charge in [-0.05, 0) is 24.3 Å². The molecule has 0 radical (unpaired) electrons. The molecule has 0 saturated heterocycles. The van der Waals surface area contributed by atoms with Crippen LogP contribution in [0.15, 0.2) is 49.1 Å². The van der Waals surface area contributed by atoms with Gasteiger partial charge >= 0.3 is 5.97 Å². The SMILES string of the molecule is COC(=O)c1cc2[nH]c(-c3ccc(-n4ccnc4)cc3OC)cc2s1. The molecule has 126 valence electrons. The van der Waals surface area contributed by atoms with Crippen LogP contribution in [0.5, 0.6) is 5.75 Å². The van der Waals surface area contributed by atoms with Crippen molar-refractivity contribution >= 4 is 27.5 Å². The Bertz CT molecular complexity index is 1020. The van der Waals surface area contributed by atoms with E-state index >= 15 is 0 Å². The smallest absolute Gasteiger partial charge is 0.348 e. The molecule has 0 amide bonds. The quantitative estimate of drug-likeness (QED) is 0.565. The van der Waals surface area contributed by atoms with E-state index < -0.39 is 0 Å². The number of carbonyl (C=O) groups excluding carboxylic acids is 1. The van der Waals surface area contributed by atoms with Crippen LogP contribution in [-0.2, 0) is 4.74 Å². The van der Waals surface area contributed by atoms with E-state index in [9.17, 15) is 4.79 Å². The van der Waals surface area contributed by atoms with Crippen LogP contribution in [0.2, 0.25) is 0 Å². The molecular formula is C18H15N3O3S. The Morgan fingerprint density at radius 2 is 2.12 bits per heavy atom. The van der Waals surface area contributed by atoms with E-state index in [1.54, 1.807) is 19.6 Å². The number of carbonyl (C=O) groups is 1. The van der Waals surface area contributed by atoms with Gasteiger partial charge in [-0.15, -0.1) is 11.3 Å². The number of aromatic amines is 1. The number of H-pyrrole nitrogens is 1. The van der Waals surface area contributed by atoms with Gasteiger partial charge in [-0.2, -0.15) is 0 Å². The van der Waals surface area contributed by atoms with E-state index in [0.717, 1.165) is 32.9 Å². The lowest BCUT2D eigenvalue weighted by molar-refractivity contribution is 0.0606. The van der Waals surface area contributed by atoms with Crippen LogP contribution in [0.1, 0.15) is 9.67 Å². The van der Waals surface area contributed by atoms with Gasteiger partial charge in [0, 0.05) is 24.0 Å². The minimum Gasteiger partial charge on any atom is -0.496 e. The lowest BCUT2D eigenvalue weighted by atomic mass is 10.1. The van der Waals surface area contributed by atoms with E-state index in [1.165, 1.54) is 18.4 Å². The summed E-state index contributed by atoms with van der Waals surface area (Å²) in [5, 5.41) is 0. The Balaban J connectivity index is 1.74. The lowest BCUT2D eigenvalue weighted by Gasteiger charge is -2.10. The molecule has 0 atom stereocenters. The maximum Gasteiger partial charge on any atom is 0.348 e. The fraction of sp³-hybridized carbons (Fsp3) is 0.111. The molecule has 7 heteroatoms. The van der Waals surface area contributed by atoms with Crippen LogP contribution in [0.4, 0.5) is 0 Å². The number of nitrogens with zero attached hydrogens (tertiary/aromatic N) is 2. The van der Waals surface area contributed by atoms with Crippen molar-refractivity contribution in [2.45, 2.75) is 0 Å². The molecule has 0 bridgehead atoms. The van der Waals surface area contributed by atoms with Gasteiger partial charge in [0.2, 0.25) is 0 Å². The standard InChI is InChI=1S/C18H15N3O3S/c1-23-15-7-11(21-6-5-19-10-21)3-4-12(15)13-8-16-14(20-13)9-17(25-16)18(22)24-2/h3-10,20H,1-2H3. The Morgan fingerprint density at radius 3 is 2.80 bits per heavy atom. The number of aromatic nitrogens is 3. The highest BCUT2D eigenvalue weighted by Crippen LogP contribution is 2.36. The monoisotopic (exact) mass is 353 g/mol. The molecule has 4 rings (SSSR count). The zero-order valence-electron chi connectivity index (χ0n) is 13.6. The minimum atomic E-state index is -0.321. The average Bonchev–Trinajstić information content (AvgIpc) is 3.36. The van der Waals surface area contributed by atoms with Gasteiger partial charge in [-0.25, -0.2) is 9.78 Å². The molecule has 3 aromatic heterocycles. The van der Waals surface area contributed by atoms with Crippen molar-refractivity contribution in [2.75, 3.05) is 14.2 Å². The van der Waals surface area contributed by atoms with Crippen molar-refractivity contribution in [2.24, 2.45) is 0 Å². The number of hydrogen-bond donors (Lipinski definition) is 1. The van der Waals surface area contributed by atoms with Gasteiger partial charge < -0.3 is 19.0 Å². The predicted molar refractivity (Wildman–Crippen MR) is 96.6 cm³/mol. The third-order valence-corrected chi connectivity index (χ3v) is 5.03. The molecule has 25 heavy (non-hydrogen) atoms. The molecule has 0 aliphatic heterocycles. The highest BCUT2D eigenvalue weighted by molar-refractivity contribution is 7.20. The molecular weight excluding hydrogens is 338 g/mol. The number of hydrogen-bond acceptors (Lipinski definition) is 5. The number of imidazole rings is 1. The van der Waals surface area contributed by atoms with Crippen LogP contribution in [0.3, 0.4) is 0 Å². The molecule has 0 unspecified atom stereocenters. The number of ether oxygens (including phenoxy) is 2. The van der Waals surface area contributed by atoms with E-state index in [4.69, 9.17) is 9.47 Å². The third kappa shape index (κ3) is 2.68. The van der Waals surface area contributed by atoms with Crippen molar-refractivity contribution < 1.29 is 14.3 Å². The van der Waals surface area contributed by atoms with Gasteiger partial charge in [0.05, 0.1) is 42.1 Å². The van der Waals surface area contributed by atoms with Crippen LogP contribution >= 0.6 is 11.3 Å². The minimum absolute atomic E-state index is 0.321. The normalized spacial score (nSPS) is 11.0. The summed E-state index contributed by atoms with van der Waals surface area (Å²) >= 11 is 1.40. The second kappa shape index (κ2) is 6.10. The first-order chi connectivity index (χ1) is 12.2. The van der Waals surface area contributed by atoms with Crippen LogP contribution in [0, 0.1) is 0 Å². The summed E-state index contributed by atoms with van der Waals surface area (Å²) in [5.74, 6) is 0.437. The van der Waals surface area contributed by atoms with Gasteiger partial charge in [0.1, 0.15) is 10.6 Å². The Morgan fingerprint density at radius 1 is 1.24 bits per heavy atom. The van der Waals surface area contributed by atoms with Crippen LogP contribution in [-0.4, -0.2) is 34.7 Å². The summed E-state index contributed by atoms with van der Waals surface area (Å²) in [6.45, 7) is 0. The molecule has 0 spiro atoms. The Kier molecular flexibility index (Phi) is 3.77. The maximum atomic E-state index is 11.6. The first-order valence-electron chi connectivity index (χ1n) is 7.57. The van der Waals surface area contributed by atoms with Crippen molar-refractivity contribution in [3.8, 4) is 22.7 Å². The number of fused-ring (bicyclic) bond motifs is 1. The zero-order valence-corrected chi connectivity index (χ0v) is 14.5. The molecule has 1 aromatic carbocycles. The predicted octanol–water partition coefficient (Wildman–Crippen LogP) is 3.88. The topological polar surface area (TPSA) is 69.1 Å². The van der Waals surface area contributed by atoms with E-state index in [2.05, 4.69) is 9.97 Å². The molecule has 1 N–H and O–H groups in total. The van der Waals surface area contributed by atoms with Gasteiger partial charge in [0.25, 0.3) is 0 Å². The summed E-state index contributed by atoms with van der Waals surface area (Å²) < 4.78 is 13.2. The van der Waals surface area contributed by atoms with E-state index in [1.807, 2.05) is 41.1 Å². The second-order valence-electron chi connectivity index (χ2n) is 5.42. The number of nitrogens with one attached hydrogen (secondary N) is 1.